The van der Waals surface area contributed by atoms with Crippen LogP contribution in [0.3, 0.4) is 0 Å². The summed E-state index contributed by atoms with van der Waals surface area (Å²) in [6.45, 7) is 9.27. The average molecular weight is 491 g/mol. The third-order valence-electron chi connectivity index (χ3n) is 5.12. The number of hydrogen-bond donors (Lipinski definition) is 2. The monoisotopic (exact) mass is 490 g/mol. The maximum atomic E-state index is 13.2. The Balaban J connectivity index is 1.81. The Morgan fingerprint density at radius 1 is 0.694 bits per heavy atom. The molecule has 0 atom stereocenters. The highest BCUT2D eigenvalue weighted by molar-refractivity contribution is 6.10. The minimum Gasteiger partial charge on any atom is -0.496 e. The van der Waals surface area contributed by atoms with E-state index in [2.05, 4.69) is 38.3 Å². The van der Waals surface area contributed by atoms with Gasteiger partial charge in [0, 0.05) is 5.56 Å². The second-order valence-corrected chi connectivity index (χ2v) is 9.23. The third kappa shape index (κ3) is 7.25. The Morgan fingerprint density at radius 2 is 1.19 bits per heavy atom. The summed E-state index contributed by atoms with van der Waals surface area (Å²) < 4.78 is 17.1. The summed E-state index contributed by atoms with van der Waals surface area (Å²) in [5.74, 6) is 1.41. The Morgan fingerprint density at radius 3 is 1.69 bits per heavy atom. The van der Waals surface area contributed by atoms with E-state index in [1.807, 2.05) is 30.3 Å². The second kappa shape index (κ2) is 12.6. The van der Waals surface area contributed by atoms with Crippen molar-refractivity contribution in [2.24, 2.45) is 11.8 Å². The molecule has 0 heterocycles. The van der Waals surface area contributed by atoms with Gasteiger partial charge in [0.25, 0.3) is 11.8 Å². The predicted molar refractivity (Wildman–Crippen MR) is 142 cm³/mol. The molecule has 0 aliphatic rings. The fourth-order valence-corrected chi connectivity index (χ4v) is 3.32. The molecular formula is C29H34N2O5. The number of benzene rings is 3. The van der Waals surface area contributed by atoms with Crippen LogP contribution < -0.4 is 24.8 Å². The molecular weight excluding hydrogens is 456 g/mol. The van der Waals surface area contributed by atoms with E-state index >= 15 is 0 Å². The van der Waals surface area contributed by atoms with Gasteiger partial charge in [-0.2, -0.15) is 0 Å². The first kappa shape index (κ1) is 26.6. The molecule has 36 heavy (non-hydrogen) atoms. The summed E-state index contributed by atoms with van der Waals surface area (Å²) in [5, 5.41) is 5.77. The number of carbonyl (C=O) groups excluding carboxylic acids is 2. The fourth-order valence-electron chi connectivity index (χ4n) is 3.32. The first-order chi connectivity index (χ1) is 17.3. The van der Waals surface area contributed by atoms with Crippen molar-refractivity contribution in [2.75, 3.05) is 31.0 Å². The van der Waals surface area contributed by atoms with E-state index in [-0.39, 0.29) is 11.5 Å². The summed E-state index contributed by atoms with van der Waals surface area (Å²) in [4.78, 5) is 26.3. The molecule has 0 fully saturated rings. The lowest BCUT2D eigenvalue weighted by atomic mass is 10.1. The minimum atomic E-state index is -0.414. The zero-order chi connectivity index (χ0) is 26.1. The molecule has 0 bridgehead atoms. The van der Waals surface area contributed by atoms with E-state index in [1.54, 1.807) is 30.3 Å². The highest BCUT2D eigenvalue weighted by atomic mass is 16.5. The van der Waals surface area contributed by atoms with Crippen molar-refractivity contribution < 1.29 is 23.8 Å². The van der Waals surface area contributed by atoms with Crippen LogP contribution in [0.15, 0.2) is 66.7 Å². The molecule has 2 amide bonds. The summed E-state index contributed by atoms with van der Waals surface area (Å²) in [7, 11) is 1.48. The van der Waals surface area contributed by atoms with Gasteiger partial charge in [0.2, 0.25) is 0 Å². The number of amides is 2. The van der Waals surface area contributed by atoms with Crippen molar-refractivity contribution in [2.45, 2.75) is 27.7 Å². The molecule has 7 nitrogen and oxygen atoms in total. The molecule has 0 aliphatic heterocycles. The largest absolute Gasteiger partial charge is 0.496 e. The zero-order valence-corrected chi connectivity index (χ0v) is 21.5. The van der Waals surface area contributed by atoms with Gasteiger partial charge in [0.1, 0.15) is 17.2 Å². The van der Waals surface area contributed by atoms with Gasteiger partial charge in [0.15, 0.2) is 0 Å². The summed E-state index contributed by atoms with van der Waals surface area (Å²) >= 11 is 0. The molecule has 190 valence electrons. The molecule has 3 rings (SSSR count). The lowest BCUT2D eigenvalue weighted by Gasteiger charge is -2.16. The lowest BCUT2D eigenvalue weighted by Crippen LogP contribution is -2.18. The maximum absolute atomic E-state index is 13.2. The topological polar surface area (TPSA) is 85.9 Å². The Labute approximate surface area is 212 Å². The molecule has 0 aliphatic carbocycles. The molecule has 0 saturated carbocycles. The van der Waals surface area contributed by atoms with Gasteiger partial charge in [-0.05, 0) is 54.3 Å². The number of methoxy groups -OCH3 is 1. The number of rotatable bonds is 11. The van der Waals surface area contributed by atoms with Crippen molar-refractivity contribution >= 4 is 23.2 Å². The van der Waals surface area contributed by atoms with Crippen LogP contribution in [0.2, 0.25) is 0 Å². The van der Waals surface area contributed by atoms with Gasteiger partial charge in [-0.15, -0.1) is 0 Å². The van der Waals surface area contributed by atoms with Gasteiger partial charge in [-0.25, -0.2) is 0 Å². The molecule has 0 unspecified atom stereocenters. The normalized spacial score (nSPS) is 10.8. The SMILES string of the molecule is COc1ccc(C(=O)Nc2ccccc2OCC(C)C)cc1C(=O)Nc1ccccc1OCC(C)C. The van der Waals surface area contributed by atoms with Gasteiger partial charge in [-0.1, -0.05) is 52.0 Å². The van der Waals surface area contributed by atoms with Crippen LogP contribution in [-0.4, -0.2) is 32.1 Å². The molecule has 0 aromatic heterocycles. The Bertz CT molecular complexity index is 1190. The fraction of sp³-hybridized carbons (Fsp3) is 0.310. The van der Waals surface area contributed by atoms with Gasteiger partial charge >= 0.3 is 0 Å². The maximum Gasteiger partial charge on any atom is 0.259 e. The van der Waals surface area contributed by atoms with Crippen LogP contribution in [0.5, 0.6) is 17.2 Å². The van der Waals surface area contributed by atoms with E-state index in [9.17, 15) is 9.59 Å². The van der Waals surface area contributed by atoms with Crippen molar-refractivity contribution in [3.63, 3.8) is 0 Å². The second-order valence-electron chi connectivity index (χ2n) is 9.23. The van der Waals surface area contributed by atoms with Crippen LogP contribution >= 0.6 is 0 Å². The summed E-state index contributed by atoms with van der Waals surface area (Å²) in [5.41, 5.74) is 1.63. The molecule has 0 radical (unpaired) electrons. The van der Waals surface area contributed by atoms with Gasteiger partial charge in [-0.3, -0.25) is 9.59 Å². The standard InChI is InChI=1S/C29H34N2O5/c1-19(2)17-35-26-12-8-6-10-23(26)30-28(32)21-14-15-25(34-5)22(16-21)29(33)31-24-11-7-9-13-27(24)36-18-20(3)4/h6-16,19-20H,17-18H2,1-5H3,(H,30,32)(H,31,33). The lowest BCUT2D eigenvalue weighted by molar-refractivity contribution is 0.102. The smallest absolute Gasteiger partial charge is 0.259 e. The van der Waals surface area contributed by atoms with Gasteiger partial charge < -0.3 is 24.8 Å². The minimum absolute atomic E-state index is 0.230. The number of para-hydroxylation sites is 4. The van der Waals surface area contributed by atoms with Crippen LogP contribution in [-0.2, 0) is 0 Å². The third-order valence-corrected chi connectivity index (χ3v) is 5.12. The molecule has 3 aromatic rings. The van der Waals surface area contributed by atoms with E-state index in [4.69, 9.17) is 14.2 Å². The highest BCUT2D eigenvalue weighted by Gasteiger charge is 2.19. The first-order valence-corrected chi connectivity index (χ1v) is 12.0. The quantitative estimate of drug-likeness (QED) is 0.331. The van der Waals surface area contributed by atoms with E-state index in [1.165, 1.54) is 13.2 Å². The predicted octanol–water partition coefficient (Wildman–Crippen LogP) is 6.27. The molecule has 0 saturated heterocycles. The molecule has 2 N–H and O–H groups in total. The van der Waals surface area contributed by atoms with E-state index in [0.29, 0.717) is 59.2 Å². The number of carbonyl (C=O) groups is 2. The zero-order valence-electron chi connectivity index (χ0n) is 21.5. The summed E-state index contributed by atoms with van der Waals surface area (Å²) in [6.07, 6.45) is 0. The molecule has 3 aromatic carbocycles. The van der Waals surface area contributed by atoms with Crippen LogP contribution in [0.4, 0.5) is 11.4 Å². The van der Waals surface area contributed by atoms with Crippen LogP contribution in [0.25, 0.3) is 0 Å². The van der Waals surface area contributed by atoms with Crippen molar-refractivity contribution in [1.29, 1.82) is 0 Å². The van der Waals surface area contributed by atoms with Crippen molar-refractivity contribution in [3.05, 3.63) is 77.9 Å². The van der Waals surface area contributed by atoms with Crippen LogP contribution in [0, 0.1) is 11.8 Å². The Hall–Kier alpha value is -4.00. The number of nitrogens with one attached hydrogen (secondary N) is 2. The Kier molecular flexibility index (Phi) is 9.33. The van der Waals surface area contributed by atoms with E-state index < -0.39 is 5.91 Å². The van der Waals surface area contributed by atoms with Crippen molar-refractivity contribution in [1.82, 2.24) is 0 Å². The first-order valence-electron chi connectivity index (χ1n) is 12.0. The number of hydrogen-bond acceptors (Lipinski definition) is 5. The molecule has 0 spiro atoms. The van der Waals surface area contributed by atoms with E-state index in [0.717, 1.165) is 0 Å². The van der Waals surface area contributed by atoms with Gasteiger partial charge in [0.05, 0.1) is 37.3 Å². The number of anilines is 2. The molecule has 7 heteroatoms. The van der Waals surface area contributed by atoms with Crippen molar-refractivity contribution in [3.8, 4) is 17.2 Å². The van der Waals surface area contributed by atoms with Crippen LogP contribution in [0.1, 0.15) is 48.4 Å². The highest BCUT2D eigenvalue weighted by Crippen LogP contribution is 2.28. The average Bonchev–Trinajstić information content (AvgIpc) is 2.87. The summed E-state index contributed by atoms with van der Waals surface area (Å²) in [6, 6.07) is 19.2. The number of ether oxygens (including phenoxy) is 3.